The largest absolute Gasteiger partial charge is 0.252 e. The van der Waals surface area contributed by atoms with Crippen LogP contribution in [0, 0.1) is 12.3 Å². The summed E-state index contributed by atoms with van der Waals surface area (Å²) in [5.41, 5.74) is 1.95. The third-order valence-electron chi connectivity index (χ3n) is 2.73. The Morgan fingerprint density at radius 1 is 1.25 bits per heavy atom. The maximum absolute atomic E-state index is 7.32. The van der Waals surface area contributed by atoms with E-state index in [1.807, 2.05) is 24.3 Å². The van der Waals surface area contributed by atoms with Gasteiger partial charge in [-0.2, -0.15) is 0 Å². The second-order valence-electron chi connectivity index (χ2n) is 3.91. The maximum atomic E-state index is 7.32. The summed E-state index contributed by atoms with van der Waals surface area (Å²) >= 11 is 0. The first kappa shape index (κ1) is 10.7. The van der Waals surface area contributed by atoms with Crippen molar-refractivity contribution in [3.8, 4) is 5.92 Å². The van der Waals surface area contributed by atoms with Crippen LogP contribution in [-0.4, -0.2) is 4.98 Å². The van der Waals surface area contributed by atoms with Gasteiger partial charge in [-0.15, -0.1) is 0 Å². The number of hydrogen-bond acceptors (Lipinski definition) is 1. The zero-order chi connectivity index (χ0) is 11.4. The van der Waals surface area contributed by atoms with E-state index in [-0.39, 0.29) is 5.92 Å². The second kappa shape index (κ2) is 4.81. The molecular weight excluding hydrogens is 194 g/mol. The first-order valence-corrected chi connectivity index (χ1v) is 5.63. The molecule has 2 aromatic rings. The number of rotatable bonds is 3. The van der Waals surface area contributed by atoms with Gasteiger partial charge in [-0.25, -0.2) is 0 Å². The van der Waals surface area contributed by atoms with Crippen molar-refractivity contribution in [2.75, 3.05) is 0 Å². The van der Waals surface area contributed by atoms with E-state index < -0.39 is 0 Å². The van der Waals surface area contributed by atoms with Crippen molar-refractivity contribution in [1.29, 1.82) is 0 Å². The summed E-state index contributed by atoms with van der Waals surface area (Å²) in [7, 11) is 0. The van der Waals surface area contributed by atoms with Crippen molar-refractivity contribution < 1.29 is 0 Å². The number of benzene rings is 1. The molecule has 0 aliphatic rings. The van der Waals surface area contributed by atoms with Crippen LogP contribution >= 0.6 is 0 Å². The fourth-order valence-electron chi connectivity index (χ4n) is 1.86. The topological polar surface area (TPSA) is 12.9 Å². The molecule has 2 rings (SSSR count). The molecule has 0 saturated heterocycles. The van der Waals surface area contributed by atoms with Crippen LogP contribution in [0.3, 0.4) is 0 Å². The van der Waals surface area contributed by atoms with Gasteiger partial charge < -0.3 is 0 Å². The molecule has 1 nitrogen and oxygen atoms in total. The van der Waals surface area contributed by atoms with Crippen molar-refractivity contribution >= 4 is 10.9 Å². The van der Waals surface area contributed by atoms with Crippen molar-refractivity contribution in [2.24, 2.45) is 0 Å². The van der Waals surface area contributed by atoms with Crippen LogP contribution in [0.2, 0.25) is 0 Å². The minimum atomic E-state index is 0.0367. The van der Waals surface area contributed by atoms with Crippen LogP contribution in [0.5, 0.6) is 0 Å². The van der Waals surface area contributed by atoms with E-state index in [0.717, 1.165) is 29.4 Å². The third kappa shape index (κ3) is 2.06. The Morgan fingerprint density at radius 3 is 2.81 bits per heavy atom. The summed E-state index contributed by atoms with van der Waals surface area (Å²) in [6.07, 6.45) is 9.30. The fraction of sp³-hybridized carbons (Fsp3) is 0.267. The Hall–Kier alpha value is -1.81. The highest BCUT2D eigenvalue weighted by molar-refractivity contribution is 5.78. The monoisotopic (exact) mass is 208 g/mol. The molecule has 1 unspecified atom stereocenters. The Balaban J connectivity index is 2.42. The maximum Gasteiger partial charge on any atom is 0.0705 e. The van der Waals surface area contributed by atoms with Crippen LogP contribution in [0.25, 0.3) is 10.9 Å². The molecule has 1 aromatic carbocycles. The molecule has 79 valence electrons. The van der Waals surface area contributed by atoms with Crippen molar-refractivity contribution in [3.63, 3.8) is 0 Å². The summed E-state index contributed by atoms with van der Waals surface area (Å²) < 4.78 is 0. The molecule has 1 atom stereocenters. The highest BCUT2D eigenvalue weighted by atomic mass is 14.7. The van der Waals surface area contributed by atoms with E-state index in [0.29, 0.717) is 0 Å². The number of fused-ring (bicyclic) bond motifs is 1. The van der Waals surface area contributed by atoms with E-state index in [1.165, 1.54) is 0 Å². The predicted octanol–water partition coefficient (Wildman–Crippen LogP) is 3.71. The SMILES string of the molecule is [C]#CC(CCC)c1ccc2ccccc2n1. The van der Waals surface area contributed by atoms with Gasteiger partial charge in [0.2, 0.25) is 0 Å². The van der Waals surface area contributed by atoms with Gasteiger partial charge >= 0.3 is 0 Å². The molecule has 16 heavy (non-hydrogen) atoms. The van der Waals surface area contributed by atoms with Crippen molar-refractivity contribution in [3.05, 3.63) is 48.5 Å². The van der Waals surface area contributed by atoms with Crippen molar-refractivity contribution in [2.45, 2.75) is 25.7 Å². The standard InChI is InChI=1S/C15H14N/c1-3-7-12(4-2)15-11-10-13-8-5-6-9-14(13)16-15/h5-6,8-12H,3,7H2,1H3. The van der Waals surface area contributed by atoms with Gasteiger partial charge in [0, 0.05) is 5.39 Å². The summed E-state index contributed by atoms with van der Waals surface area (Å²) in [5.74, 6) is 2.61. The second-order valence-corrected chi connectivity index (χ2v) is 3.91. The van der Waals surface area contributed by atoms with E-state index in [1.54, 1.807) is 0 Å². The summed E-state index contributed by atoms with van der Waals surface area (Å²) in [5, 5.41) is 1.14. The molecule has 0 N–H and O–H groups in total. The highest BCUT2D eigenvalue weighted by Crippen LogP contribution is 2.21. The Kier molecular flexibility index (Phi) is 3.22. The Morgan fingerprint density at radius 2 is 2.06 bits per heavy atom. The zero-order valence-electron chi connectivity index (χ0n) is 9.40. The molecular formula is C15H14N. The fourth-order valence-corrected chi connectivity index (χ4v) is 1.86. The number of hydrogen-bond donors (Lipinski definition) is 0. The van der Waals surface area contributed by atoms with Gasteiger partial charge in [-0.1, -0.05) is 43.5 Å². The Labute approximate surface area is 96.5 Å². The molecule has 0 spiro atoms. The van der Waals surface area contributed by atoms with Crippen LogP contribution in [0.4, 0.5) is 0 Å². The van der Waals surface area contributed by atoms with Crippen LogP contribution in [-0.2, 0) is 0 Å². The first-order chi connectivity index (χ1) is 7.85. The van der Waals surface area contributed by atoms with E-state index in [2.05, 4.69) is 30.0 Å². The van der Waals surface area contributed by atoms with Gasteiger partial charge in [0.1, 0.15) is 0 Å². The molecule has 1 heterocycles. The quantitative estimate of drug-likeness (QED) is 0.701. The molecule has 0 aliphatic carbocycles. The lowest BCUT2D eigenvalue weighted by molar-refractivity contribution is 0.718. The van der Waals surface area contributed by atoms with Gasteiger partial charge in [-0.05, 0) is 25.0 Å². The van der Waals surface area contributed by atoms with Crippen LogP contribution < -0.4 is 0 Å². The summed E-state index contributed by atoms with van der Waals surface area (Å²) in [6, 6.07) is 12.1. The van der Waals surface area contributed by atoms with Gasteiger partial charge in [0.05, 0.1) is 17.1 Å². The first-order valence-electron chi connectivity index (χ1n) is 5.63. The lowest BCUT2D eigenvalue weighted by Gasteiger charge is -2.09. The predicted molar refractivity (Wildman–Crippen MR) is 66.5 cm³/mol. The van der Waals surface area contributed by atoms with Crippen LogP contribution in [0.15, 0.2) is 36.4 Å². The smallest absolute Gasteiger partial charge is 0.0705 e. The molecule has 0 amide bonds. The molecule has 1 heteroatoms. The van der Waals surface area contributed by atoms with E-state index >= 15 is 0 Å². The number of para-hydroxylation sites is 1. The highest BCUT2D eigenvalue weighted by Gasteiger charge is 2.09. The molecule has 0 aliphatic heterocycles. The van der Waals surface area contributed by atoms with E-state index in [9.17, 15) is 0 Å². The molecule has 1 radical (unpaired) electrons. The van der Waals surface area contributed by atoms with E-state index in [4.69, 9.17) is 6.42 Å². The minimum absolute atomic E-state index is 0.0367. The molecule has 0 bridgehead atoms. The third-order valence-corrected chi connectivity index (χ3v) is 2.73. The average Bonchev–Trinajstić information content (AvgIpc) is 2.35. The summed E-state index contributed by atoms with van der Waals surface area (Å²) in [6.45, 7) is 2.12. The number of aromatic nitrogens is 1. The lowest BCUT2D eigenvalue weighted by Crippen LogP contribution is -1.98. The number of pyridine rings is 1. The zero-order valence-corrected chi connectivity index (χ0v) is 9.40. The van der Waals surface area contributed by atoms with Crippen molar-refractivity contribution in [1.82, 2.24) is 4.98 Å². The minimum Gasteiger partial charge on any atom is -0.252 e. The summed E-state index contributed by atoms with van der Waals surface area (Å²) in [4.78, 5) is 4.58. The van der Waals surface area contributed by atoms with Crippen LogP contribution in [0.1, 0.15) is 31.4 Å². The van der Waals surface area contributed by atoms with Gasteiger partial charge in [0.15, 0.2) is 0 Å². The molecule has 1 aromatic heterocycles. The lowest BCUT2D eigenvalue weighted by atomic mass is 9.99. The van der Waals surface area contributed by atoms with Gasteiger partial charge in [0.25, 0.3) is 0 Å². The molecule has 0 fully saturated rings. The molecule has 0 saturated carbocycles. The Bertz CT molecular complexity index is 522. The average molecular weight is 208 g/mol. The normalized spacial score (nSPS) is 12.2. The number of nitrogens with zero attached hydrogens (tertiary/aromatic N) is 1. The van der Waals surface area contributed by atoms with Gasteiger partial charge in [-0.3, -0.25) is 4.98 Å².